The first-order chi connectivity index (χ1) is 14.7. The Balaban J connectivity index is 1.39. The lowest BCUT2D eigenvalue weighted by Gasteiger charge is -2.25. The molecule has 3 heterocycles. The van der Waals surface area contributed by atoms with Crippen LogP contribution in [0.25, 0.3) is 11.1 Å². The Bertz CT molecular complexity index is 1010. The molecule has 0 bridgehead atoms. The minimum Gasteiger partial charge on any atom is -0.329 e. The topological polar surface area (TPSA) is 55.0 Å². The first-order valence-electron chi connectivity index (χ1n) is 10.3. The number of halogens is 1. The molecular formula is C25H25ClN4. The summed E-state index contributed by atoms with van der Waals surface area (Å²) < 4.78 is 0. The minimum absolute atomic E-state index is 0.375. The summed E-state index contributed by atoms with van der Waals surface area (Å²) >= 11 is 5.95. The SMILES string of the molecule is NCC(Cc1ccc(C#Cc2ccc(-c3ccc(Cl)cc3)cn2)cn1)N1CCCC1. The van der Waals surface area contributed by atoms with Gasteiger partial charge in [-0.25, -0.2) is 4.98 Å². The highest BCUT2D eigenvalue weighted by Crippen LogP contribution is 2.20. The van der Waals surface area contributed by atoms with Gasteiger partial charge in [-0.05, 0) is 67.7 Å². The van der Waals surface area contributed by atoms with Crippen LogP contribution in [-0.4, -0.2) is 40.5 Å². The van der Waals surface area contributed by atoms with Crippen LogP contribution < -0.4 is 5.73 Å². The van der Waals surface area contributed by atoms with Crippen molar-refractivity contribution >= 4 is 11.6 Å². The monoisotopic (exact) mass is 416 g/mol. The molecule has 152 valence electrons. The molecule has 2 aromatic heterocycles. The van der Waals surface area contributed by atoms with Crippen molar-refractivity contribution in [3.63, 3.8) is 0 Å². The van der Waals surface area contributed by atoms with Crippen molar-refractivity contribution in [2.75, 3.05) is 19.6 Å². The van der Waals surface area contributed by atoms with E-state index >= 15 is 0 Å². The van der Waals surface area contributed by atoms with Crippen molar-refractivity contribution in [2.45, 2.75) is 25.3 Å². The van der Waals surface area contributed by atoms with Gasteiger partial charge in [-0.1, -0.05) is 35.7 Å². The van der Waals surface area contributed by atoms with Crippen molar-refractivity contribution < 1.29 is 0 Å². The number of aromatic nitrogens is 2. The summed E-state index contributed by atoms with van der Waals surface area (Å²) in [4.78, 5) is 11.5. The lowest BCUT2D eigenvalue weighted by atomic mass is 10.1. The van der Waals surface area contributed by atoms with Gasteiger partial charge in [0.1, 0.15) is 5.69 Å². The van der Waals surface area contributed by atoms with E-state index in [1.54, 1.807) is 0 Å². The molecule has 1 aromatic carbocycles. The lowest BCUT2D eigenvalue weighted by Crippen LogP contribution is -2.40. The van der Waals surface area contributed by atoms with Gasteiger partial charge >= 0.3 is 0 Å². The zero-order chi connectivity index (χ0) is 20.8. The van der Waals surface area contributed by atoms with Crippen LogP contribution in [0.3, 0.4) is 0 Å². The summed E-state index contributed by atoms with van der Waals surface area (Å²) in [6, 6.07) is 16.1. The number of likely N-dealkylation sites (tertiary alicyclic amines) is 1. The third-order valence-electron chi connectivity index (χ3n) is 5.47. The summed E-state index contributed by atoms with van der Waals surface area (Å²) in [6.45, 7) is 2.96. The maximum atomic E-state index is 5.99. The third kappa shape index (κ3) is 5.25. The molecule has 4 nitrogen and oxygen atoms in total. The fourth-order valence-electron chi connectivity index (χ4n) is 3.75. The molecule has 0 radical (unpaired) electrons. The Hall–Kier alpha value is -2.71. The average molecular weight is 417 g/mol. The van der Waals surface area contributed by atoms with Crippen LogP contribution in [0.4, 0.5) is 0 Å². The molecule has 1 aliphatic heterocycles. The van der Waals surface area contributed by atoms with E-state index in [0.717, 1.165) is 52.6 Å². The summed E-state index contributed by atoms with van der Waals surface area (Å²) in [5.74, 6) is 6.26. The van der Waals surface area contributed by atoms with Gasteiger partial charge in [0.15, 0.2) is 0 Å². The number of nitrogens with zero attached hydrogens (tertiary/aromatic N) is 3. The van der Waals surface area contributed by atoms with E-state index in [-0.39, 0.29) is 0 Å². The normalized spacial score (nSPS) is 14.9. The molecule has 0 saturated carbocycles. The van der Waals surface area contributed by atoms with Crippen LogP contribution in [0.5, 0.6) is 0 Å². The highest BCUT2D eigenvalue weighted by Gasteiger charge is 2.21. The smallest absolute Gasteiger partial charge is 0.113 e. The molecule has 1 aliphatic rings. The first-order valence-corrected chi connectivity index (χ1v) is 10.7. The molecule has 5 heteroatoms. The van der Waals surface area contributed by atoms with Crippen LogP contribution in [0.1, 0.15) is 29.8 Å². The lowest BCUT2D eigenvalue weighted by molar-refractivity contribution is 0.245. The minimum atomic E-state index is 0.375. The van der Waals surface area contributed by atoms with Gasteiger partial charge in [0, 0.05) is 53.2 Å². The van der Waals surface area contributed by atoms with Crippen LogP contribution in [0, 0.1) is 11.8 Å². The Morgan fingerprint density at radius 2 is 1.67 bits per heavy atom. The molecule has 1 unspecified atom stereocenters. The van der Waals surface area contributed by atoms with Crippen molar-refractivity contribution in [2.24, 2.45) is 5.73 Å². The molecule has 0 amide bonds. The van der Waals surface area contributed by atoms with E-state index in [1.807, 2.05) is 54.9 Å². The number of rotatable bonds is 5. The molecular weight excluding hydrogens is 392 g/mol. The van der Waals surface area contributed by atoms with Crippen LogP contribution in [0.2, 0.25) is 5.02 Å². The predicted molar refractivity (Wildman–Crippen MR) is 122 cm³/mol. The third-order valence-corrected chi connectivity index (χ3v) is 5.73. The maximum absolute atomic E-state index is 5.99. The zero-order valence-electron chi connectivity index (χ0n) is 16.9. The highest BCUT2D eigenvalue weighted by molar-refractivity contribution is 6.30. The Labute approximate surface area is 183 Å². The predicted octanol–water partition coefficient (Wildman–Crippen LogP) is 4.16. The molecule has 1 atom stereocenters. The second-order valence-electron chi connectivity index (χ2n) is 7.56. The summed E-state index contributed by atoms with van der Waals surface area (Å²) in [5.41, 5.74) is 10.8. The van der Waals surface area contributed by atoms with Gasteiger partial charge in [0.2, 0.25) is 0 Å². The van der Waals surface area contributed by atoms with Gasteiger partial charge in [-0.15, -0.1) is 0 Å². The summed E-state index contributed by atoms with van der Waals surface area (Å²) in [5, 5.41) is 0.725. The van der Waals surface area contributed by atoms with Gasteiger partial charge in [0.05, 0.1) is 0 Å². The van der Waals surface area contributed by atoms with Crippen molar-refractivity contribution in [3.8, 4) is 23.0 Å². The summed E-state index contributed by atoms with van der Waals surface area (Å²) in [7, 11) is 0. The fourth-order valence-corrected chi connectivity index (χ4v) is 3.87. The van der Waals surface area contributed by atoms with Gasteiger partial charge in [-0.3, -0.25) is 9.88 Å². The number of hydrogen-bond acceptors (Lipinski definition) is 4. The van der Waals surface area contributed by atoms with E-state index in [0.29, 0.717) is 12.6 Å². The van der Waals surface area contributed by atoms with Gasteiger partial charge < -0.3 is 5.73 Å². The van der Waals surface area contributed by atoms with E-state index in [9.17, 15) is 0 Å². The molecule has 30 heavy (non-hydrogen) atoms. The molecule has 0 spiro atoms. The Kier molecular flexibility index (Phi) is 6.76. The summed E-state index contributed by atoms with van der Waals surface area (Å²) in [6.07, 6.45) is 7.10. The molecule has 1 fully saturated rings. The number of pyridine rings is 2. The largest absolute Gasteiger partial charge is 0.329 e. The Morgan fingerprint density at radius 1 is 0.900 bits per heavy atom. The van der Waals surface area contributed by atoms with Crippen molar-refractivity contribution in [3.05, 3.63) is 82.9 Å². The van der Waals surface area contributed by atoms with Crippen LogP contribution >= 0.6 is 11.6 Å². The molecule has 4 rings (SSSR count). The van der Waals surface area contributed by atoms with E-state index in [4.69, 9.17) is 17.3 Å². The van der Waals surface area contributed by atoms with E-state index in [1.165, 1.54) is 12.8 Å². The quantitative estimate of drug-likeness (QED) is 0.634. The highest BCUT2D eigenvalue weighted by atomic mass is 35.5. The number of benzene rings is 1. The maximum Gasteiger partial charge on any atom is 0.113 e. The van der Waals surface area contributed by atoms with Crippen molar-refractivity contribution in [1.82, 2.24) is 14.9 Å². The van der Waals surface area contributed by atoms with Crippen molar-refractivity contribution in [1.29, 1.82) is 0 Å². The van der Waals surface area contributed by atoms with Gasteiger partial charge in [0.25, 0.3) is 0 Å². The molecule has 0 aliphatic carbocycles. The first kappa shape index (κ1) is 20.6. The standard InChI is InChI=1S/C25H25ClN4/c26-22-8-5-20(6-9-22)21-7-12-23(29-18-21)10-3-19-4-11-24(28-17-19)15-25(16-27)30-13-1-2-14-30/h4-9,11-12,17-18,25H,1-2,13-16,27H2. The molecule has 3 aromatic rings. The second-order valence-corrected chi connectivity index (χ2v) is 8.00. The van der Waals surface area contributed by atoms with E-state index < -0.39 is 0 Å². The van der Waals surface area contributed by atoms with Crippen LogP contribution in [0.15, 0.2) is 60.9 Å². The zero-order valence-corrected chi connectivity index (χ0v) is 17.6. The van der Waals surface area contributed by atoms with Gasteiger partial charge in [-0.2, -0.15) is 0 Å². The fraction of sp³-hybridized carbons (Fsp3) is 0.280. The molecule has 2 N–H and O–H groups in total. The number of nitrogens with two attached hydrogens (primary N) is 1. The Morgan fingerprint density at radius 3 is 2.30 bits per heavy atom. The number of hydrogen-bond donors (Lipinski definition) is 1. The second kappa shape index (κ2) is 9.86. The molecule has 1 saturated heterocycles. The van der Waals surface area contributed by atoms with E-state index in [2.05, 4.69) is 32.8 Å². The van der Waals surface area contributed by atoms with Crippen LogP contribution in [-0.2, 0) is 6.42 Å². The average Bonchev–Trinajstić information content (AvgIpc) is 3.33.